The van der Waals surface area contributed by atoms with Gasteiger partial charge in [-0.05, 0) is 39.0 Å². The zero-order valence-electron chi connectivity index (χ0n) is 11.4. The van der Waals surface area contributed by atoms with Gasteiger partial charge in [0.15, 0.2) is 0 Å². The first-order chi connectivity index (χ1) is 8.65. The lowest BCUT2D eigenvalue weighted by atomic mass is 9.95. The van der Waals surface area contributed by atoms with E-state index in [1.54, 1.807) is 6.92 Å². The highest BCUT2D eigenvalue weighted by molar-refractivity contribution is 5.92. The molecule has 0 aromatic heterocycles. The summed E-state index contributed by atoms with van der Waals surface area (Å²) in [7, 11) is 0. The van der Waals surface area contributed by atoms with Gasteiger partial charge in [-0.15, -0.1) is 0 Å². The molecule has 1 rings (SSSR count). The lowest BCUT2D eigenvalue weighted by Gasteiger charge is -2.30. The number of carboxylic acids is 1. The average molecular weight is 271 g/mol. The van der Waals surface area contributed by atoms with E-state index in [0.29, 0.717) is 6.42 Å². The van der Waals surface area contributed by atoms with Gasteiger partial charge in [0.25, 0.3) is 0 Å². The van der Waals surface area contributed by atoms with E-state index in [4.69, 9.17) is 5.73 Å². The summed E-state index contributed by atoms with van der Waals surface area (Å²) >= 11 is 0. The first-order valence-corrected chi connectivity index (χ1v) is 6.29. The largest absolute Gasteiger partial charge is 0.480 e. The molecule has 0 radical (unpaired) electrons. The molecule has 2 atom stereocenters. The zero-order chi connectivity index (χ0) is 14.8. The van der Waals surface area contributed by atoms with Crippen LogP contribution in [0.25, 0.3) is 0 Å². The van der Waals surface area contributed by atoms with Crippen molar-refractivity contribution in [3.63, 3.8) is 0 Å². The minimum atomic E-state index is -1.31. The molecule has 3 amide bonds. The van der Waals surface area contributed by atoms with Crippen LogP contribution in [0.3, 0.4) is 0 Å². The van der Waals surface area contributed by atoms with Gasteiger partial charge in [0.2, 0.25) is 5.91 Å². The molecule has 108 valence electrons. The highest BCUT2D eigenvalue weighted by atomic mass is 16.4. The normalized spacial score (nSPS) is 20.8. The van der Waals surface area contributed by atoms with E-state index >= 15 is 0 Å². The van der Waals surface area contributed by atoms with E-state index < -0.39 is 29.0 Å². The number of carbonyl (C=O) groups is 3. The number of nitrogens with one attached hydrogen (secondary N) is 2. The Morgan fingerprint density at radius 3 is 2.11 bits per heavy atom. The molecule has 0 bridgehead atoms. The van der Waals surface area contributed by atoms with Crippen LogP contribution in [0.2, 0.25) is 0 Å². The number of carboxylic acid groups (broad SMARTS) is 1. The van der Waals surface area contributed by atoms with Crippen LogP contribution in [0.4, 0.5) is 4.79 Å². The number of amides is 3. The Labute approximate surface area is 111 Å². The second-order valence-electron chi connectivity index (χ2n) is 5.41. The first kappa shape index (κ1) is 15.3. The van der Waals surface area contributed by atoms with E-state index in [0.717, 1.165) is 12.8 Å². The fourth-order valence-electron chi connectivity index (χ4n) is 1.83. The Morgan fingerprint density at radius 2 is 1.79 bits per heavy atom. The number of carbonyl (C=O) groups excluding carboxylic acids is 2. The van der Waals surface area contributed by atoms with Crippen molar-refractivity contribution in [2.45, 2.75) is 51.1 Å². The summed E-state index contributed by atoms with van der Waals surface area (Å²) < 4.78 is 0. The monoisotopic (exact) mass is 271 g/mol. The molecule has 0 aliphatic heterocycles. The lowest BCUT2D eigenvalue weighted by molar-refractivity contribution is -0.144. The number of hydrogen-bond donors (Lipinski definition) is 4. The van der Waals surface area contributed by atoms with Gasteiger partial charge in [0.05, 0.1) is 0 Å². The van der Waals surface area contributed by atoms with E-state index in [-0.39, 0.29) is 5.92 Å². The smallest absolute Gasteiger partial charge is 0.329 e. The molecule has 0 heterocycles. The van der Waals surface area contributed by atoms with Gasteiger partial charge in [0, 0.05) is 0 Å². The van der Waals surface area contributed by atoms with Crippen LogP contribution in [0.1, 0.15) is 40.0 Å². The Hall–Kier alpha value is -1.79. The standard InChI is InChI=1S/C12H21N3O4/c1-4-11(2,8(13)16)14-10(19)15-12(3,9(17)18)7-5-6-7/h7H,4-6H2,1-3H3,(H2,13,16)(H,17,18)(H2,14,15,19). The Balaban J connectivity index is 2.74. The van der Waals surface area contributed by atoms with Gasteiger partial charge in [-0.25, -0.2) is 9.59 Å². The third-order valence-electron chi connectivity index (χ3n) is 3.85. The van der Waals surface area contributed by atoms with Crippen molar-refractivity contribution in [3.05, 3.63) is 0 Å². The number of primary amides is 1. The molecule has 7 nitrogen and oxygen atoms in total. The third-order valence-corrected chi connectivity index (χ3v) is 3.85. The molecule has 5 N–H and O–H groups in total. The predicted octanol–water partition coefficient (Wildman–Crippen LogP) is 0.193. The molecular weight excluding hydrogens is 250 g/mol. The van der Waals surface area contributed by atoms with Crippen molar-refractivity contribution in [3.8, 4) is 0 Å². The highest BCUT2D eigenvalue weighted by Crippen LogP contribution is 2.39. The summed E-state index contributed by atoms with van der Waals surface area (Å²) in [6.07, 6.45) is 1.86. The van der Waals surface area contributed by atoms with E-state index in [1.165, 1.54) is 13.8 Å². The van der Waals surface area contributed by atoms with Crippen LogP contribution in [0.15, 0.2) is 0 Å². The molecule has 7 heteroatoms. The summed E-state index contributed by atoms with van der Waals surface area (Å²) in [5, 5.41) is 14.1. The van der Waals surface area contributed by atoms with Gasteiger partial charge in [-0.2, -0.15) is 0 Å². The third kappa shape index (κ3) is 3.15. The van der Waals surface area contributed by atoms with Crippen LogP contribution >= 0.6 is 0 Å². The zero-order valence-corrected chi connectivity index (χ0v) is 11.4. The van der Waals surface area contributed by atoms with Crippen molar-refractivity contribution in [1.29, 1.82) is 0 Å². The minimum Gasteiger partial charge on any atom is -0.480 e. The Kier molecular flexibility index (Phi) is 4.07. The molecule has 1 aliphatic rings. The fourth-order valence-corrected chi connectivity index (χ4v) is 1.83. The van der Waals surface area contributed by atoms with E-state index in [2.05, 4.69) is 10.6 Å². The fraction of sp³-hybridized carbons (Fsp3) is 0.750. The van der Waals surface area contributed by atoms with Crippen molar-refractivity contribution in [2.75, 3.05) is 0 Å². The molecule has 0 aromatic carbocycles. The number of urea groups is 1. The molecule has 0 saturated heterocycles. The van der Waals surface area contributed by atoms with E-state index in [9.17, 15) is 19.5 Å². The van der Waals surface area contributed by atoms with Gasteiger partial charge >= 0.3 is 12.0 Å². The van der Waals surface area contributed by atoms with E-state index in [1.807, 2.05) is 0 Å². The highest BCUT2D eigenvalue weighted by Gasteiger charge is 2.49. The summed E-state index contributed by atoms with van der Waals surface area (Å²) in [6.45, 7) is 4.69. The maximum Gasteiger partial charge on any atom is 0.329 e. The van der Waals surface area contributed by atoms with Crippen molar-refractivity contribution in [2.24, 2.45) is 11.7 Å². The second kappa shape index (κ2) is 5.07. The molecule has 1 saturated carbocycles. The first-order valence-electron chi connectivity index (χ1n) is 6.29. The lowest BCUT2D eigenvalue weighted by Crippen LogP contribution is -2.63. The van der Waals surface area contributed by atoms with Gasteiger partial charge < -0.3 is 21.5 Å². The van der Waals surface area contributed by atoms with Crippen LogP contribution in [0.5, 0.6) is 0 Å². The van der Waals surface area contributed by atoms with Gasteiger partial charge in [0.1, 0.15) is 11.1 Å². The summed E-state index contributed by atoms with van der Waals surface area (Å²) in [6, 6.07) is -0.694. The summed E-state index contributed by atoms with van der Waals surface area (Å²) in [5.74, 6) is -1.81. The summed E-state index contributed by atoms with van der Waals surface area (Å²) in [4.78, 5) is 34.5. The van der Waals surface area contributed by atoms with Crippen LogP contribution in [0, 0.1) is 5.92 Å². The predicted molar refractivity (Wildman–Crippen MR) is 68.3 cm³/mol. The van der Waals surface area contributed by atoms with Crippen molar-refractivity contribution >= 4 is 17.9 Å². The number of aliphatic carboxylic acids is 1. The molecule has 0 spiro atoms. The number of nitrogens with two attached hydrogens (primary N) is 1. The Bertz CT molecular complexity index is 408. The molecule has 1 fully saturated rings. The number of rotatable bonds is 6. The molecule has 19 heavy (non-hydrogen) atoms. The quantitative estimate of drug-likeness (QED) is 0.551. The van der Waals surface area contributed by atoms with Crippen LogP contribution in [-0.2, 0) is 9.59 Å². The Morgan fingerprint density at radius 1 is 1.26 bits per heavy atom. The van der Waals surface area contributed by atoms with Gasteiger partial charge in [-0.3, -0.25) is 4.79 Å². The van der Waals surface area contributed by atoms with Gasteiger partial charge in [-0.1, -0.05) is 6.92 Å². The molecule has 1 aliphatic carbocycles. The van der Waals surface area contributed by atoms with Crippen LogP contribution in [-0.4, -0.2) is 34.1 Å². The molecular formula is C12H21N3O4. The second-order valence-corrected chi connectivity index (χ2v) is 5.41. The minimum absolute atomic E-state index is 0.0720. The molecule has 0 aromatic rings. The maximum atomic E-state index is 11.9. The topological polar surface area (TPSA) is 122 Å². The maximum absolute atomic E-state index is 11.9. The molecule has 2 unspecified atom stereocenters. The SMILES string of the molecule is CCC(C)(NC(=O)NC(C)(C(=O)O)C1CC1)C(N)=O. The van der Waals surface area contributed by atoms with Crippen molar-refractivity contribution in [1.82, 2.24) is 10.6 Å². The number of hydrogen-bond acceptors (Lipinski definition) is 3. The van der Waals surface area contributed by atoms with Crippen LogP contribution < -0.4 is 16.4 Å². The van der Waals surface area contributed by atoms with Crippen molar-refractivity contribution < 1.29 is 19.5 Å². The summed E-state index contributed by atoms with van der Waals surface area (Å²) in [5.41, 5.74) is 2.73. The average Bonchev–Trinajstić information content (AvgIpc) is 3.11.